The molecule has 0 aromatic heterocycles. The highest BCUT2D eigenvalue weighted by atomic mass is 79.9. The minimum absolute atomic E-state index is 0.678. The summed E-state index contributed by atoms with van der Waals surface area (Å²) in [4.78, 5) is 0. The van der Waals surface area contributed by atoms with Crippen molar-refractivity contribution in [2.24, 2.45) is 0 Å². The summed E-state index contributed by atoms with van der Waals surface area (Å²) < 4.78 is 1.15. The molecule has 0 spiro atoms. The molecule has 0 saturated carbocycles. The van der Waals surface area contributed by atoms with Crippen molar-refractivity contribution >= 4 is 39.1 Å². The van der Waals surface area contributed by atoms with E-state index in [2.05, 4.69) is 46.4 Å². The van der Waals surface area contributed by atoms with Crippen molar-refractivity contribution in [2.45, 2.75) is 19.9 Å². The molecule has 1 nitrogen and oxygen atoms in total. The fraction of sp³-hybridized carbons (Fsp3) is 0.250. The zero-order valence-electron chi connectivity index (χ0n) is 11.2. The van der Waals surface area contributed by atoms with E-state index >= 15 is 0 Å². The van der Waals surface area contributed by atoms with Gasteiger partial charge in [-0.3, -0.25) is 0 Å². The van der Waals surface area contributed by atoms with Crippen LogP contribution in [0, 0.1) is 6.92 Å². The van der Waals surface area contributed by atoms with Gasteiger partial charge in [-0.25, -0.2) is 0 Å². The number of halogens is 3. The summed E-state index contributed by atoms with van der Waals surface area (Å²) in [6, 6.07) is 12.0. The van der Waals surface area contributed by atoms with Gasteiger partial charge in [0, 0.05) is 21.1 Å². The molecule has 0 atom stereocenters. The molecule has 0 radical (unpaired) electrons. The number of hydrogen-bond acceptors (Lipinski definition) is 1. The topological polar surface area (TPSA) is 12.0 Å². The summed E-state index contributed by atoms with van der Waals surface area (Å²) in [5.41, 5.74) is 3.66. The summed E-state index contributed by atoms with van der Waals surface area (Å²) >= 11 is 15.5. The van der Waals surface area contributed by atoms with Crippen molar-refractivity contribution in [1.29, 1.82) is 0 Å². The summed E-state index contributed by atoms with van der Waals surface area (Å²) in [6.07, 6.45) is 0.894. The predicted octanol–water partition coefficient (Wildman–Crippen LogP) is 5.40. The largest absolute Gasteiger partial charge is 0.312 e. The van der Waals surface area contributed by atoms with Crippen LogP contribution in [0.4, 0.5) is 0 Å². The van der Waals surface area contributed by atoms with Crippen molar-refractivity contribution < 1.29 is 0 Å². The first-order valence-corrected chi connectivity index (χ1v) is 8.01. The Kier molecular flexibility index (Phi) is 5.91. The highest BCUT2D eigenvalue weighted by Gasteiger charge is 2.01. The average molecular weight is 373 g/mol. The average Bonchev–Trinajstić information content (AvgIpc) is 2.40. The number of hydrogen-bond donors (Lipinski definition) is 1. The number of aryl methyl sites for hydroxylation is 1. The number of nitrogens with one attached hydrogen (secondary N) is 1. The second kappa shape index (κ2) is 7.46. The van der Waals surface area contributed by atoms with Gasteiger partial charge >= 0.3 is 0 Å². The van der Waals surface area contributed by atoms with Crippen molar-refractivity contribution in [3.8, 4) is 0 Å². The van der Waals surface area contributed by atoms with Gasteiger partial charge in [0.2, 0.25) is 0 Å². The van der Waals surface area contributed by atoms with E-state index in [0.717, 1.165) is 34.6 Å². The molecule has 2 aromatic rings. The van der Waals surface area contributed by atoms with Crippen LogP contribution in [-0.2, 0) is 13.0 Å². The summed E-state index contributed by atoms with van der Waals surface area (Å²) in [5, 5.41) is 4.84. The molecule has 106 valence electrons. The van der Waals surface area contributed by atoms with Crippen LogP contribution in [0.25, 0.3) is 0 Å². The minimum Gasteiger partial charge on any atom is -0.312 e. The standard InChI is InChI=1S/C16H16BrCl2N/c1-11-8-12(2-5-15(11)17)10-20-7-6-13-3-4-14(18)9-16(13)19/h2-5,8-9,20H,6-7,10H2,1H3. The Balaban J connectivity index is 1.82. The molecule has 1 N–H and O–H groups in total. The molecule has 4 heteroatoms. The van der Waals surface area contributed by atoms with E-state index in [9.17, 15) is 0 Å². The Morgan fingerprint density at radius 2 is 1.90 bits per heavy atom. The molecular formula is C16H16BrCl2N. The van der Waals surface area contributed by atoms with Gasteiger partial charge in [-0.15, -0.1) is 0 Å². The fourth-order valence-corrected chi connectivity index (χ4v) is 2.75. The van der Waals surface area contributed by atoms with Crippen molar-refractivity contribution in [2.75, 3.05) is 6.54 Å². The van der Waals surface area contributed by atoms with Crippen LogP contribution in [0.1, 0.15) is 16.7 Å². The molecule has 0 bridgehead atoms. The molecule has 0 unspecified atom stereocenters. The van der Waals surface area contributed by atoms with Crippen LogP contribution in [-0.4, -0.2) is 6.54 Å². The third-order valence-electron chi connectivity index (χ3n) is 3.14. The minimum atomic E-state index is 0.678. The first-order chi connectivity index (χ1) is 9.56. The Labute approximate surface area is 138 Å². The quantitative estimate of drug-likeness (QED) is 0.693. The van der Waals surface area contributed by atoms with Crippen molar-refractivity contribution in [3.63, 3.8) is 0 Å². The lowest BCUT2D eigenvalue weighted by molar-refractivity contribution is 0.686. The zero-order valence-corrected chi connectivity index (χ0v) is 14.3. The molecule has 0 amide bonds. The van der Waals surface area contributed by atoms with Gasteiger partial charge in [0.1, 0.15) is 0 Å². The van der Waals surface area contributed by atoms with E-state index in [4.69, 9.17) is 23.2 Å². The smallest absolute Gasteiger partial charge is 0.0453 e. The molecular weight excluding hydrogens is 357 g/mol. The van der Waals surface area contributed by atoms with Crippen LogP contribution in [0.3, 0.4) is 0 Å². The molecule has 0 saturated heterocycles. The molecule has 2 rings (SSSR count). The van der Waals surface area contributed by atoms with Gasteiger partial charge in [-0.2, -0.15) is 0 Å². The molecule has 0 aliphatic heterocycles. The molecule has 0 aliphatic carbocycles. The Bertz CT molecular complexity index is 599. The van der Waals surface area contributed by atoms with Crippen molar-refractivity contribution in [1.82, 2.24) is 5.32 Å². The molecule has 0 aliphatic rings. The first kappa shape index (κ1) is 15.8. The second-order valence-electron chi connectivity index (χ2n) is 4.75. The van der Waals surface area contributed by atoms with Gasteiger partial charge in [0.15, 0.2) is 0 Å². The Hall–Kier alpha value is -0.540. The summed E-state index contributed by atoms with van der Waals surface area (Å²) in [6.45, 7) is 3.84. The Morgan fingerprint density at radius 3 is 2.60 bits per heavy atom. The number of rotatable bonds is 5. The van der Waals surface area contributed by atoms with Crippen LogP contribution < -0.4 is 5.32 Å². The summed E-state index contributed by atoms with van der Waals surface area (Å²) in [7, 11) is 0. The maximum atomic E-state index is 6.15. The van der Waals surface area contributed by atoms with Gasteiger partial charge in [-0.1, -0.05) is 57.3 Å². The van der Waals surface area contributed by atoms with Gasteiger partial charge < -0.3 is 5.32 Å². The van der Waals surface area contributed by atoms with Crippen molar-refractivity contribution in [3.05, 3.63) is 67.6 Å². The lowest BCUT2D eigenvalue weighted by atomic mass is 10.1. The maximum absolute atomic E-state index is 6.15. The summed E-state index contributed by atoms with van der Waals surface area (Å²) in [5.74, 6) is 0. The van der Waals surface area contributed by atoms with Crippen LogP contribution in [0.2, 0.25) is 10.0 Å². The first-order valence-electron chi connectivity index (χ1n) is 6.46. The SMILES string of the molecule is Cc1cc(CNCCc2ccc(Cl)cc2Cl)ccc1Br. The van der Waals surface area contributed by atoms with E-state index in [-0.39, 0.29) is 0 Å². The molecule has 2 aromatic carbocycles. The third-order valence-corrected chi connectivity index (χ3v) is 4.61. The van der Waals surface area contributed by atoms with E-state index < -0.39 is 0 Å². The van der Waals surface area contributed by atoms with E-state index in [1.54, 1.807) is 6.07 Å². The lowest BCUT2D eigenvalue weighted by Gasteiger charge is -2.08. The molecule has 20 heavy (non-hydrogen) atoms. The number of benzene rings is 2. The van der Waals surface area contributed by atoms with Gasteiger partial charge in [-0.05, 0) is 54.8 Å². The fourth-order valence-electron chi connectivity index (χ4n) is 2.00. The second-order valence-corrected chi connectivity index (χ2v) is 6.44. The van der Waals surface area contributed by atoms with E-state index in [1.165, 1.54) is 11.1 Å². The third kappa shape index (κ3) is 4.49. The predicted molar refractivity (Wildman–Crippen MR) is 90.8 cm³/mol. The van der Waals surface area contributed by atoms with Crippen LogP contribution in [0.5, 0.6) is 0 Å². The van der Waals surface area contributed by atoms with Crippen LogP contribution >= 0.6 is 39.1 Å². The maximum Gasteiger partial charge on any atom is 0.0453 e. The lowest BCUT2D eigenvalue weighted by Crippen LogP contribution is -2.16. The van der Waals surface area contributed by atoms with E-state index in [0.29, 0.717) is 5.02 Å². The molecule has 0 fully saturated rings. The highest BCUT2D eigenvalue weighted by Crippen LogP contribution is 2.21. The van der Waals surface area contributed by atoms with E-state index in [1.807, 2.05) is 12.1 Å². The van der Waals surface area contributed by atoms with Gasteiger partial charge in [0.05, 0.1) is 0 Å². The monoisotopic (exact) mass is 371 g/mol. The highest BCUT2D eigenvalue weighted by molar-refractivity contribution is 9.10. The normalized spacial score (nSPS) is 10.8. The Morgan fingerprint density at radius 1 is 1.10 bits per heavy atom. The zero-order chi connectivity index (χ0) is 14.5. The molecule has 0 heterocycles. The van der Waals surface area contributed by atoms with Gasteiger partial charge in [0.25, 0.3) is 0 Å². The van der Waals surface area contributed by atoms with Crippen LogP contribution in [0.15, 0.2) is 40.9 Å².